The van der Waals surface area contributed by atoms with Crippen molar-refractivity contribution in [2.75, 3.05) is 32.8 Å². The van der Waals surface area contributed by atoms with Crippen LogP contribution in [0.4, 0.5) is 0 Å². The topological polar surface area (TPSA) is 46.5 Å². The van der Waals surface area contributed by atoms with E-state index in [1.54, 1.807) is 17.4 Å². The SMILES string of the molecule is Cc1ccc(C)n1-c1ccc(Cl)c(C(=O)NC[C@@H](c2cccs2)N2CCOCC2)c1. The lowest BCUT2D eigenvalue weighted by molar-refractivity contribution is 0.0169. The van der Waals surface area contributed by atoms with Gasteiger partial charge in [-0.3, -0.25) is 9.69 Å². The third-order valence-corrected chi connectivity index (χ3v) is 6.84. The number of nitrogens with one attached hydrogen (secondary N) is 1. The number of nitrogens with zero attached hydrogens (tertiary/aromatic N) is 2. The van der Waals surface area contributed by atoms with Gasteiger partial charge in [0, 0.05) is 41.6 Å². The second-order valence-corrected chi connectivity index (χ2v) is 8.89. The van der Waals surface area contributed by atoms with Crippen LogP contribution in [0.1, 0.15) is 32.7 Å². The van der Waals surface area contributed by atoms with Gasteiger partial charge in [0.15, 0.2) is 0 Å². The molecule has 30 heavy (non-hydrogen) atoms. The summed E-state index contributed by atoms with van der Waals surface area (Å²) in [7, 11) is 0. The van der Waals surface area contributed by atoms with E-state index in [0.29, 0.717) is 17.1 Å². The number of aryl methyl sites for hydroxylation is 2. The number of amides is 1. The Balaban J connectivity index is 1.53. The summed E-state index contributed by atoms with van der Waals surface area (Å²) in [6.45, 7) is 7.80. The minimum atomic E-state index is -0.154. The van der Waals surface area contributed by atoms with Crippen molar-refractivity contribution in [2.24, 2.45) is 0 Å². The molecule has 0 radical (unpaired) electrons. The van der Waals surface area contributed by atoms with Gasteiger partial charge in [0.25, 0.3) is 5.91 Å². The van der Waals surface area contributed by atoms with Crippen molar-refractivity contribution in [1.82, 2.24) is 14.8 Å². The smallest absolute Gasteiger partial charge is 0.252 e. The quantitative estimate of drug-likeness (QED) is 0.605. The molecule has 158 valence electrons. The van der Waals surface area contributed by atoms with Crippen LogP contribution in [-0.2, 0) is 4.74 Å². The summed E-state index contributed by atoms with van der Waals surface area (Å²) in [6, 6.07) is 14.1. The van der Waals surface area contributed by atoms with E-state index in [4.69, 9.17) is 16.3 Å². The summed E-state index contributed by atoms with van der Waals surface area (Å²) in [4.78, 5) is 16.7. The normalized spacial score (nSPS) is 15.8. The summed E-state index contributed by atoms with van der Waals surface area (Å²) in [5, 5.41) is 5.65. The highest BCUT2D eigenvalue weighted by atomic mass is 35.5. The average Bonchev–Trinajstić information content (AvgIpc) is 3.40. The van der Waals surface area contributed by atoms with Crippen molar-refractivity contribution >= 4 is 28.8 Å². The average molecular weight is 444 g/mol. The van der Waals surface area contributed by atoms with Gasteiger partial charge in [-0.2, -0.15) is 0 Å². The number of morpholine rings is 1. The summed E-state index contributed by atoms with van der Waals surface area (Å²) < 4.78 is 7.62. The minimum Gasteiger partial charge on any atom is -0.379 e. The number of benzene rings is 1. The van der Waals surface area contributed by atoms with Gasteiger partial charge in [0.2, 0.25) is 0 Å². The lowest BCUT2D eigenvalue weighted by Gasteiger charge is -2.34. The highest BCUT2D eigenvalue weighted by Crippen LogP contribution is 2.26. The Hall–Kier alpha value is -2.12. The standard InChI is InChI=1S/C23H26ClN3O2S/c1-16-5-6-17(2)27(16)18-7-8-20(24)19(14-18)23(28)25-15-21(22-4-3-13-30-22)26-9-11-29-12-10-26/h3-8,13-14,21H,9-12,15H2,1-2H3,(H,25,28)/t21-/m0/s1. The molecule has 3 heterocycles. The molecule has 7 heteroatoms. The Labute approximate surface area is 186 Å². The predicted octanol–water partition coefficient (Wildman–Crippen LogP) is 4.61. The number of rotatable bonds is 6. The molecule has 1 aliphatic rings. The molecule has 1 saturated heterocycles. The molecule has 0 spiro atoms. The molecule has 1 fully saturated rings. The van der Waals surface area contributed by atoms with Gasteiger partial charge >= 0.3 is 0 Å². The largest absolute Gasteiger partial charge is 0.379 e. The van der Waals surface area contributed by atoms with Gasteiger partial charge in [-0.25, -0.2) is 0 Å². The molecule has 2 aromatic heterocycles. The molecular formula is C23H26ClN3O2S. The molecule has 1 N–H and O–H groups in total. The molecule has 3 aromatic rings. The maximum atomic E-state index is 13.1. The van der Waals surface area contributed by atoms with Crippen LogP contribution in [0.5, 0.6) is 0 Å². The zero-order chi connectivity index (χ0) is 21.1. The monoisotopic (exact) mass is 443 g/mol. The van der Waals surface area contributed by atoms with Crippen molar-refractivity contribution in [3.8, 4) is 5.69 Å². The molecule has 1 aliphatic heterocycles. The molecule has 5 nitrogen and oxygen atoms in total. The first-order valence-corrected chi connectivity index (χ1v) is 11.4. The first-order valence-electron chi connectivity index (χ1n) is 10.1. The first kappa shape index (κ1) is 21.1. The number of ether oxygens (including phenoxy) is 1. The fourth-order valence-electron chi connectivity index (χ4n) is 3.97. The van der Waals surface area contributed by atoms with Gasteiger partial charge in [0.05, 0.1) is 29.8 Å². The maximum Gasteiger partial charge on any atom is 0.252 e. The molecule has 0 aliphatic carbocycles. The van der Waals surface area contributed by atoms with Gasteiger partial charge in [-0.15, -0.1) is 11.3 Å². The molecular weight excluding hydrogens is 418 g/mol. The van der Waals surface area contributed by atoms with Crippen molar-refractivity contribution in [1.29, 1.82) is 0 Å². The van der Waals surface area contributed by atoms with E-state index in [1.807, 2.05) is 12.1 Å². The van der Waals surface area contributed by atoms with Crippen LogP contribution >= 0.6 is 22.9 Å². The Morgan fingerprint density at radius 3 is 2.57 bits per heavy atom. The summed E-state index contributed by atoms with van der Waals surface area (Å²) >= 11 is 8.12. The highest BCUT2D eigenvalue weighted by molar-refractivity contribution is 7.10. The van der Waals surface area contributed by atoms with E-state index >= 15 is 0 Å². The maximum absolute atomic E-state index is 13.1. The zero-order valence-electron chi connectivity index (χ0n) is 17.2. The molecule has 0 unspecified atom stereocenters. The second-order valence-electron chi connectivity index (χ2n) is 7.51. The van der Waals surface area contributed by atoms with Gasteiger partial charge < -0.3 is 14.6 Å². The van der Waals surface area contributed by atoms with Crippen molar-refractivity contribution in [2.45, 2.75) is 19.9 Å². The predicted molar refractivity (Wildman–Crippen MR) is 122 cm³/mol. The van der Waals surface area contributed by atoms with Gasteiger partial charge in [0.1, 0.15) is 0 Å². The van der Waals surface area contributed by atoms with Crippen LogP contribution in [0, 0.1) is 13.8 Å². The van der Waals surface area contributed by atoms with Gasteiger partial charge in [-0.1, -0.05) is 17.7 Å². The first-order chi connectivity index (χ1) is 14.5. The van der Waals surface area contributed by atoms with E-state index in [0.717, 1.165) is 43.4 Å². The van der Waals surface area contributed by atoms with Gasteiger partial charge in [-0.05, 0) is 55.6 Å². The van der Waals surface area contributed by atoms with Crippen molar-refractivity contribution < 1.29 is 9.53 Å². The Morgan fingerprint density at radius 2 is 1.90 bits per heavy atom. The molecule has 0 bridgehead atoms. The van der Waals surface area contributed by atoms with Crippen LogP contribution in [0.3, 0.4) is 0 Å². The third kappa shape index (κ3) is 4.47. The molecule has 1 aromatic carbocycles. The summed E-state index contributed by atoms with van der Waals surface area (Å²) in [6.07, 6.45) is 0. The van der Waals surface area contributed by atoms with E-state index in [-0.39, 0.29) is 11.9 Å². The number of hydrogen-bond acceptors (Lipinski definition) is 4. The molecule has 1 amide bonds. The van der Waals surface area contributed by atoms with Crippen LogP contribution in [0.2, 0.25) is 5.02 Å². The van der Waals surface area contributed by atoms with Crippen LogP contribution < -0.4 is 5.32 Å². The second kappa shape index (κ2) is 9.35. The summed E-state index contributed by atoms with van der Waals surface area (Å²) in [5.41, 5.74) is 3.67. The number of halogens is 1. The van der Waals surface area contributed by atoms with Crippen molar-refractivity contribution in [3.05, 3.63) is 74.7 Å². The Kier molecular flexibility index (Phi) is 6.58. The van der Waals surface area contributed by atoms with Crippen molar-refractivity contribution in [3.63, 3.8) is 0 Å². The summed E-state index contributed by atoms with van der Waals surface area (Å²) in [5.74, 6) is -0.154. The Morgan fingerprint density at radius 1 is 1.17 bits per heavy atom. The minimum absolute atomic E-state index is 0.133. The molecule has 0 saturated carbocycles. The van der Waals surface area contributed by atoms with Crippen LogP contribution in [0.25, 0.3) is 5.69 Å². The molecule has 4 rings (SSSR count). The van der Waals surface area contributed by atoms with E-state index in [9.17, 15) is 4.79 Å². The number of thiophene rings is 1. The molecule has 1 atom stereocenters. The number of carbonyl (C=O) groups excluding carboxylic acids is 1. The van der Waals surface area contributed by atoms with E-state index < -0.39 is 0 Å². The number of carbonyl (C=O) groups is 1. The van der Waals surface area contributed by atoms with Crippen LogP contribution in [0.15, 0.2) is 47.8 Å². The highest BCUT2D eigenvalue weighted by Gasteiger charge is 2.24. The Bertz CT molecular complexity index is 990. The lowest BCUT2D eigenvalue weighted by atomic mass is 10.1. The fraction of sp³-hybridized carbons (Fsp3) is 0.348. The van der Waals surface area contributed by atoms with E-state index in [2.05, 4.69) is 58.3 Å². The zero-order valence-corrected chi connectivity index (χ0v) is 18.8. The fourth-order valence-corrected chi connectivity index (χ4v) is 5.03. The third-order valence-electron chi connectivity index (χ3n) is 5.54. The number of aromatic nitrogens is 1. The van der Waals surface area contributed by atoms with Crippen LogP contribution in [-0.4, -0.2) is 48.2 Å². The van der Waals surface area contributed by atoms with E-state index in [1.165, 1.54) is 4.88 Å². The number of hydrogen-bond donors (Lipinski definition) is 1. The lowest BCUT2D eigenvalue weighted by Crippen LogP contribution is -2.43.